The van der Waals surface area contributed by atoms with E-state index in [2.05, 4.69) is 23.3 Å². The van der Waals surface area contributed by atoms with Gasteiger partial charge in [0.25, 0.3) is 0 Å². The molecule has 1 unspecified atom stereocenters. The van der Waals surface area contributed by atoms with Crippen molar-refractivity contribution in [2.24, 2.45) is 0 Å². The third-order valence-electron chi connectivity index (χ3n) is 2.16. The van der Waals surface area contributed by atoms with E-state index < -0.39 is 17.9 Å². The van der Waals surface area contributed by atoms with Crippen LogP contribution in [0, 0.1) is 0 Å². The van der Waals surface area contributed by atoms with Gasteiger partial charge in [0, 0.05) is 5.75 Å². The highest BCUT2D eigenvalue weighted by Crippen LogP contribution is 2.20. The maximum absolute atomic E-state index is 11.4. The van der Waals surface area contributed by atoms with Crippen molar-refractivity contribution < 1.29 is 19.8 Å². The first-order valence-electron chi connectivity index (χ1n) is 5.19. The first kappa shape index (κ1) is 14.2. The van der Waals surface area contributed by atoms with Gasteiger partial charge < -0.3 is 20.8 Å². The fourth-order valence-corrected chi connectivity index (χ4v) is 1.48. The minimum atomic E-state index is -1.14. The van der Waals surface area contributed by atoms with Crippen molar-refractivity contribution >= 4 is 30.2 Å². The molecule has 98 valence electrons. The van der Waals surface area contributed by atoms with Gasteiger partial charge in [-0.3, -0.25) is 4.79 Å². The van der Waals surface area contributed by atoms with Gasteiger partial charge in [0.05, 0.1) is 12.2 Å². The zero-order chi connectivity index (χ0) is 13.5. The number of carboxylic acid groups (broad SMARTS) is 1. The Morgan fingerprint density at radius 1 is 1.33 bits per heavy atom. The zero-order valence-corrected chi connectivity index (χ0v) is 10.4. The molecule has 0 bridgehead atoms. The third kappa shape index (κ3) is 4.17. The van der Waals surface area contributed by atoms with E-state index in [4.69, 9.17) is 5.11 Å². The summed E-state index contributed by atoms with van der Waals surface area (Å²) in [5.74, 6) is -1.59. The summed E-state index contributed by atoms with van der Waals surface area (Å²) in [6, 6.07) is 5.42. The number of carbonyl (C=O) groups is 2. The quantitative estimate of drug-likeness (QED) is 0.378. The number of rotatable bonds is 6. The normalized spacial score (nSPS) is 11.6. The molecule has 1 rings (SSSR count). The number of hydrogen-bond acceptors (Lipinski definition) is 5. The lowest BCUT2D eigenvalue weighted by atomic mass is 10.3. The van der Waals surface area contributed by atoms with Gasteiger partial charge in [0.15, 0.2) is 0 Å². The van der Waals surface area contributed by atoms with Gasteiger partial charge in [0.2, 0.25) is 5.91 Å². The van der Waals surface area contributed by atoms with E-state index in [9.17, 15) is 14.7 Å². The Balaban J connectivity index is 2.47. The molecule has 7 heteroatoms. The highest BCUT2D eigenvalue weighted by Gasteiger charge is 2.17. The number of aromatic hydroxyl groups is 1. The Morgan fingerprint density at radius 3 is 2.56 bits per heavy atom. The predicted molar refractivity (Wildman–Crippen MR) is 70.0 cm³/mol. The SMILES string of the molecule is O=C(CNc1ccccc1O)NC(CS)C(=O)O. The lowest BCUT2D eigenvalue weighted by molar-refractivity contribution is -0.140. The Hall–Kier alpha value is -1.89. The van der Waals surface area contributed by atoms with Crippen LogP contribution in [0.5, 0.6) is 5.75 Å². The number of nitrogens with one attached hydrogen (secondary N) is 2. The first-order chi connectivity index (χ1) is 8.54. The summed E-state index contributed by atoms with van der Waals surface area (Å²) >= 11 is 3.83. The number of thiol groups is 1. The molecular formula is C11H14N2O4S. The topological polar surface area (TPSA) is 98.7 Å². The van der Waals surface area contributed by atoms with E-state index in [0.717, 1.165) is 0 Å². The number of benzene rings is 1. The molecule has 18 heavy (non-hydrogen) atoms. The van der Waals surface area contributed by atoms with Crippen LogP contribution < -0.4 is 10.6 Å². The zero-order valence-electron chi connectivity index (χ0n) is 9.46. The summed E-state index contributed by atoms with van der Waals surface area (Å²) in [6.45, 7) is -0.130. The van der Waals surface area contributed by atoms with Crippen LogP contribution in [-0.4, -0.2) is 40.4 Å². The largest absolute Gasteiger partial charge is 0.506 e. The number of aliphatic carboxylic acids is 1. The number of phenolic OH excluding ortho intramolecular Hbond substituents is 1. The number of anilines is 1. The van der Waals surface area contributed by atoms with Crippen LogP contribution in [0.1, 0.15) is 0 Å². The second-order valence-corrected chi connectivity index (χ2v) is 3.88. The summed E-state index contributed by atoms with van der Waals surface area (Å²) in [4.78, 5) is 22.1. The molecule has 1 aromatic carbocycles. The standard InChI is InChI=1S/C11H14N2O4S/c14-9-4-2-1-3-7(9)12-5-10(15)13-8(6-18)11(16)17/h1-4,8,12,14,18H,5-6H2,(H,13,15)(H,16,17). The maximum atomic E-state index is 11.4. The van der Waals surface area contributed by atoms with E-state index in [0.29, 0.717) is 5.69 Å². The maximum Gasteiger partial charge on any atom is 0.327 e. The van der Waals surface area contributed by atoms with Crippen LogP contribution in [-0.2, 0) is 9.59 Å². The number of carboxylic acids is 1. The average molecular weight is 270 g/mol. The van der Waals surface area contributed by atoms with Crippen LogP contribution >= 0.6 is 12.6 Å². The predicted octanol–water partition coefficient (Wildman–Crippen LogP) is 0.303. The van der Waals surface area contributed by atoms with Gasteiger partial charge >= 0.3 is 5.97 Å². The monoisotopic (exact) mass is 270 g/mol. The molecule has 0 saturated heterocycles. The summed E-state index contributed by atoms with van der Waals surface area (Å²) in [5, 5.41) is 23.2. The van der Waals surface area contributed by atoms with Gasteiger partial charge in [-0.05, 0) is 12.1 Å². The van der Waals surface area contributed by atoms with Crippen molar-refractivity contribution in [2.75, 3.05) is 17.6 Å². The summed E-state index contributed by atoms with van der Waals surface area (Å²) < 4.78 is 0. The third-order valence-corrected chi connectivity index (χ3v) is 2.52. The van der Waals surface area contributed by atoms with E-state index >= 15 is 0 Å². The Labute approximate surface area is 109 Å². The molecule has 0 aliphatic heterocycles. The summed E-state index contributed by atoms with van der Waals surface area (Å²) in [6.07, 6.45) is 0. The van der Waals surface area contributed by atoms with Crippen molar-refractivity contribution in [3.63, 3.8) is 0 Å². The van der Waals surface area contributed by atoms with Crippen molar-refractivity contribution in [3.05, 3.63) is 24.3 Å². The lowest BCUT2D eigenvalue weighted by Gasteiger charge is -2.13. The number of para-hydroxylation sites is 2. The molecule has 1 aromatic rings. The minimum absolute atomic E-state index is 0.0116. The van der Waals surface area contributed by atoms with Gasteiger partial charge in [-0.25, -0.2) is 4.79 Å². The summed E-state index contributed by atoms with van der Waals surface area (Å²) in [7, 11) is 0. The smallest absolute Gasteiger partial charge is 0.327 e. The molecule has 0 aliphatic carbocycles. The highest BCUT2D eigenvalue weighted by atomic mass is 32.1. The molecule has 1 amide bonds. The number of hydrogen-bond donors (Lipinski definition) is 5. The van der Waals surface area contributed by atoms with Crippen LogP contribution in [0.2, 0.25) is 0 Å². The van der Waals surface area contributed by atoms with Crippen LogP contribution in [0.25, 0.3) is 0 Å². The van der Waals surface area contributed by atoms with Crippen molar-refractivity contribution in [1.82, 2.24) is 5.32 Å². The number of phenols is 1. The number of carbonyl (C=O) groups excluding carboxylic acids is 1. The van der Waals surface area contributed by atoms with Crippen LogP contribution in [0.4, 0.5) is 5.69 Å². The number of amides is 1. The van der Waals surface area contributed by atoms with Gasteiger partial charge in [0.1, 0.15) is 11.8 Å². The fraction of sp³-hybridized carbons (Fsp3) is 0.273. The van der Waals surface area contributed by atoms with E-state index in [-0.39, 0.29) is 18.0 Å². The molecule has 1 atom stereocenters. The van der Waals surface area contributed by atoms with E-state index in [1.165, 1.54) is 6.07 Å². The molecule has 0 fully saturated rings. The Kier molecular flexibility index (Phi) is 5.31. The molecule has 0 saturated carbocycles. The van der Waals surface area contributed by atoms with E-state index in [1.54, 1.807) is 18.2 Å². The molecule has 0 radical (unpaired) electrons. The molecule has 0 aliphatic rings. The van der Waals surface area contributed by atoms with Gasteiger partial charge in [-0.15, -0.1) is 0 Å². The van der Waals surface area contributed by atoms with Crippen molar-refractivity contribution in [3.8, 4) is 5.75 Å². The first-order valence-corrected chi connectivity index (χ1v) is 5.82. The Morgan fingerprint density at radius 2 is 2.00 bits per heavy atom. The molecule has 0 spiro atoms. The van der Waals surface area contributed by atoms with Gasteiger partial charge in [-0.2, -0.15) is 12.6 Å². The summed E-state index contributed by atoms with van der Waals surface area (Å²) in [5.41, 5.74) is 0.408. The van der Waals surface area contributed by atoms with Crippen LogP contribution in [0.3, 0.4) is 0 Å². The van der Waals surface area contributed by atoms with Crippen molar-refractivity contribution in [2.45, 2.75) is 6.04 Å². The lowest BCUT2D eigenvalue weighted by Crippen LogP contribution is -2.44. The second-order valence-electron chi connectivity index (χ2n) is 3.51. The molecule has 6 nitrogen and oxygen atoms in total. The molecule has 0 aromatic heterocycles. The van der Waals surface area contributed by atoms with Crippen molar-refractivity contribution in [1.29, 1.82) is 0 Å². The fourth-order valence-electron chi connectivity index (χ4n) is 1.23. The highest BCUT2D eigenvalue weighted by molar-refractivity contribution is 7.80. The Bertz CT molecular complexity index is 439. The average Bonchev–Trinajstić information content (AvgIpc) is 2.34. The van der Waals surface area contributed by atoms with Crippen LogP contribution in [0.15, 0.2) is 24.3 Å². The molecular weight excluding hydrogens is 256 g/mol. The van der Waals surface area contributed by atoms with E-state index in [1.807, 2.05) is 0 Å². The molecule has 4 N–H and O–H groups in total. The molecule has 0 heterocycles. The second kappa shape index (κ2) is 6.75. The van der Waals surface area contributed by atoms with Gasteiger partial charge in [-0.1, -0.05) is 12.1 Å². The minimum Gasteiger partial charge on any atom is -0.506 e.